The van der Waals surface area contributed by atoms with E-state index in [1.165, 1.54) is 79.0 Å². The van der Waals surface area contributed by atoms with Crippen molar-refractivity contribution in [2.75, 3.05) is 48.7 Å². The maximum Gasteiger partial charge on any atom is 0.323 e. The molecule has 0 aromatic heterocycles. The van der Waals surface area contributed by atoms with Gasteiger partial charge in [0.05, 0.1) is 14.2 Å². The summed E-state index contributed by atoms with van der Waals surface area (Å²) in [7, 11) is 10.1. The summed E-state index contributed by atoms with van der Waals surface area (Å²) in [5.41, 5.74) is 31.8. The number of halogens is 2. The number of rotatable bonds is 21. The summed E-state index contributed by atoms with van der Waals surface area (Å²) in [5.74, 6) is -3.45. The molecule has 0 aromatic carbocycles. The largest absolute Gasteiger partial charge is 0.480 e. The van der Waals surface area contributed by atoms with E-state index in [4.69, 9.17) is 54.8 Å². The van der Waals surface area contributed by atoms with Crippen molar-refractivity contribution < 1.29 is 58.7 Å². The van der Waals surface area contributed by atoms with Crippen molar-refractivity contribution >= 4 is 125 Å². The Kier molecular flexibility index (Phi) is 40.6. The van der Waals surface area contributed by atoms with Crippen molar-refractivity contribution in [3.63, 3.8) is 0 Å². The Morgan fingerprint density at radius 3 is 0.717 bits per heavy atom. The molecular formula is C20H42Cl2N6O12S6. The van der Waals surface area contributed by atoms with E-state index in [1.54, 1.807) is 0 Å². The molecule has 0 aromatic rings. The van der Waals surface area contributed by atoms with Gasteiger partial charge in [0.2, 0.25) is 0 Å². The van der Waals surface area contributed by atoms with Crippen molar-refractivity contribution in [2.45, 2.75) is 36.3 Å². The van der Waals surface area contributed by atoms with Gasteiger partial charge in [-0.3, -0.25) is 28.8 Å². The minimum absolute atomic E-state index is 0. The predicted octanol–water partition coefficient (Wildman–Crippen LogP) is -1.40. The fraction of sp³-hybridized carbons (Fsp3) is 0.700. The molecule has 0 spiro atoms. The van der Waals surface area contributed by atoms with E-state index in [0.29, 0.717) is 11.5 Å². The van der Waals surface area contributed by atoms with Gasteiger partial charge in [0.25, 0.3) is 0 Å². The lowest BCUT2D eigenvalue weighted by Crippen LogP contribution is -2.34. The molecule has 0 saturated heterocycles. The maximum absolute atomic E-state index is 10.9. The average molecular weight is 822 g/mol. The van der Waals surface area contributed by atoms with Crippen LogP contribution in [-0.4, -0.2) is 141 Å². The van der Waals surface area contributed by atoms with Crippen LogP contribution in [0, 0.1) is 0 Å². The molecule has 0 aliphatic carbocycles. The van der Waals surface area contributed by atoms with Crippen LogP contribution in [0.1, 0.15) is 0 Å². The van der Waals surface area contributed by atoms with Crippen LogP contribution in [-0.2, 0) is 38.2 Å². The first kappa shape index (κ1) is 54.7. The fourth-order valence-electron chi connectivity index (χ4n) is 1.45. The maximum atomic E-state index is 10.9. The van der Waals surface area contributed by atoms with Crippen molar-refractivity contribution in [2.24, 2.45) is 34.4 Å². The number of carboxylic acids is 4. The van der Waals surface area contributed by atoms with Crippen LogP contribution >= 0.6 is 89.6 Å². The lowest BCUT2D eigenvalue weighted by atomic mass is 10.4. The first-order valence-corrected chi connectivity index (χ1v) is 19.2. The third kappa shape index (κ3) is 33.2. The molecule has 0 aliphatic rings. The number of methoxy groups -OCH3 is 2. The molecule has 0 heterocycles. The standard InChI is InChI=1S/C8H16N2O4S2.2C6H12N2O4S2.2ClH/c1-13-7(11)5(9)3-15-16-4-6(10)8(12)14-2;2*7-3(5(9)10)1-13-14-2-4(8)6(11)12;;/h5-6H,3-4,9-10H2,1-2H3;2*3-4H,1-2,7-8H2,(H,9,10)(H,11,12);2*1H/t5-,6-;2*3-,4-;;/m000../s1. The van der Waals surface area contributed by atoms with E-state index in [0.717, 1.165) is 0 Å². The number of carboxylic acid groups (broad SMARTS) is 4. The van der Waals surface area contributed by atoms with Gasteiger partial charge in [-0.1, -0.05) is 64.8 Å². The van der Waals surface area contributed by atoms with Crippen molar-refractivity contribution in [3.8, 4) is 0 Å². The molecule has 0 radical (unpaired) electrons. The molecule has 16 N–H and O–H groups in total. The lowest BCUT2D eigenvalue weighted by Gasteiger charge is -2.10. The number of ether oxygens (including phenoxy) is 2. The molecule has 26 heteroatoms. The van der Waals surface area contributed by atoms with Crippen LogP contribution in [0.25, 0.3) is 0 Å². The van der Waals surface area contributed by atoms with Gasteiger partial charge in [-0.25, -0.2) is 0 Å². The highest BCUT2D eigenvalue weighted by Gasteiger charge is 2.17. The molecule has 0 rings (SSSR count). The Labute approximate surface area is 301 Å². The minimum Gasteiger partial charge on any atom is -0.480 e. The van der Waals surface area contributed by atoms with Crippen LogP contribution in [0.4, 0.5) is 0 Å². The van der Waals surface area contributed by atoms with Crippen LogP contribution < -0.4 is 34.4 Å². The zero-order chi connectivity index (χ0) is 34.8. The molecule has 0 amide bonds. The number of carbonyl (C=O) groups excluding carboxylic acids is 2. The first-order chi connectivity index (χ1) is 20.4. The zero-order valence-electron chi connectivity index (χ0n) is 24.5. The lowest BCUT2D eigenvalue weighted by molar-refractivity contribution is -0.142. The molecule has 0 aliphatic heterocycles. The van der Waals surface area contributed by atoms with Crippen LogP contribution in [0.5, 0.6) is 0 Å². The monoisotopic (exact) mass is 820 g/mol. The SMILES string of the molecule is COC(=O)[C@@H](N)CSSC[C@H](N)C(=O)OC.Cl.Cl.N[C@@H](CSSC[C@H](N)C(=O)O)C(=O)O.N[C@@H](CSSC[C@H](N)C(=O)O)C(=O)O. The van der Waals surface area contributed by atoms with E-state index in [1.807, 2.05) is 0 Å². The van der Waals surface area contributed by atoms with Gasteiger partial charge in [-0.05, 0) is 0 Å². The second kappa shape index (κ2) is 34.1. The number of hydrogen-bond acceptors (Lipinski definition) is 20. The highest BCUT2D eigenvalue weighted by molar-refractivity contribution is 8.77. The second-order valence-corrected chi connectivity index (χ2v) is 15.4. The van der Waals surface area contributed by atoms with Gasteiger partial charge < -0.3 is 64.3 Å². The van der Waals surface area contributed by atoms with E-state index in [2.05, 4.69) is 9.47 Å². The van der Waals surface area contributed by atoms with E-state index >= 15 is 0 Å². The summed E-state index contributed by atoms with van der Waals surface area (Å²) < 4.78 is 8.92. The highest BCUT2D eigenvalue weighted by Crippen LogP contribution is 2.23. The van der Waals surface area contributed by atoms with Gasteiger partial charge in [-0.15, -0.1) is 24.8 Å². The van der Waals surface area contributed by atoms with Gasteiger partial charge in [0, 0.05) is 34.5 Å². The predicted molar refractivity (Wildman–Crippen MR) is 192 cm³/mol. The number of aliphatic carboxylic acids is 4. The highest BCUT2D eigenvalue weighted by atomic mass is 35.5. The molecule has 6 atom stereocenters. The molecule has 274 valence electrons. The third-order valence-corrected chi connectivity index (χ3v) is 11.4. The summed E-state index contributed by atoms with van der Waals surface area (Å²) in [6.45, 7) is 0. The van der Waals surface area contributed by atoms with Crippen LogP contribution in [0.3, 0.4) is 0 Å². The number of hydrogen-bond donors (Lipinski definition) is 10. The molecule has 18 nitrogen and oxygen atoms in total. The van der Waals surface area contributed by atoms with Crippen LogP contribution in [0.2, 0.25) is 0 Å². The Morgan fingerprint density at radius 1 is 0.435 bits per heavy atom. The number of carbonyl (C=O) groups is 6. The Bertz CT molecular complexity index is 784. The molecule has 0 unspecified atom stereocenters. The topological polar surface area (TPSA) is 358 Å². The van der Waals surface area contributed by atoms with E-state index in [-0.39, 0.29) is 47.8 Å². The molecule has 0 saturated carbocycles. The summed E-state index contributed by atoms with van der Waals surface area (Å²) in [6.07, 6.45) is 0. The van der Waals surface area contributed by atoms with Crippen molar-refractivity contribution in [1.82, 2.24) is 0 Å². The average Bonchev–Trinajstić information content (AvgIpc) is 2.98. The Hall–Kier alpha value is -0.740. The zero-order valence-corrected chi connectivity index (χ0v) is 31.0. The smallest absolute Gasteiger partial charge is 0.323 e. The van der Waals surface area contributed by atoms with E-state index < -0.39 is 72.1 Å². The normalized spacial score (nSPS) is 13.8. The van der Waals surface area contributed by atoms with Crippen LogP contribution in [0.15, 0.2) is 0 Å². The molecular weight excluding hydrogens is 780 g/mol. The van der Waals surface area contributed by atoms with E-state index in [9.17, 15) is 28.8 Å². The summed E-state index contributed by atoms with van der Waals surface area (Å²) >= 11 is 0. The Balaban J connectivity index is -0.000000179. The first-order valence-electron chi connectivity index (χ1n) is 11.8. The van der Waals surface area contributed by atoms with Crippen molar-refractivity contribution in [1.29, 1.82) is 0 Å². The second-order valence-electron chi connectivity index (χ2n) is 7.75. The Morgan fingerprint density at radius 2 is 0.587 bits per heavy atom. The molecule has 0 fully saturated rings. The number of nitrogens with two attached hydrogens (primary N) is 6. The summed E-state index contributed by atoms with van der Waals surface area (Å²) in [5, 5.41) is 33.6. The molecule has 46 heavy (non-hydrogen) atoms. The van der Waals surface area contributed by atoms with Crippen molar-refractivity contribution in [3.05, 3.63) is 0 Å². The third-order valence-electron chi connectivity index (χ3n) is 4.01. The van der Waals surface area contributed by atoms with Gasteiger partial charge >= 0.3 is 35.8 Å². The van der Waals surface area contributed by atoms with Gasteiger partial charge in [0.15, 0.2) is 0 Å². The minimum atomic E-state index is -1.07. The quantitative estimate of drug-likeness (QED) is 0.0361. The fourth-order valence-corrected chi connectivity index (χ4v) is 8.12. The van der Waals surface area contributed by atoms with Gasteiger partial charge in [0.1, 0.15) is 36.3 Å². The van der Waals surface area contributed by atoms with Gasteiger partial charge in [-0.2, -0.15) is 0 Å². The summed E-state index contributed by atoms with van der Waals surface area (Å²) in [6, 6.07) is -5.00. The summed E-state index contributed by atoms with van der Waals surface area (Å²) in [4.78, 5) is 62.9. The number of esters is 2. The molecule has 0 bridgehead atoms.